The van der Waals surface area contributed by atoms with Crippen LogP contribution in [0.25, 0.3) is 11.3 Å². The molecule has 10 nitrogen and oxygen atoms in total. The maximum absolute atomic E-state index is 12.5. The molecule has 10 heteroatoms. The molecule has 2 aromatic rings. The quantitative estimate of drug-likeness (QED) is 0.213. The summed E-state index contributed by atoms with van der Waals surface area (Å²) in [7, 11) is 1.59. The van der Waals surface area contributed by atoms with E-state index in [-0.39, 0.29) is 24.8 Å². The standard InChI is InChI=1S/C19H26N6O4/c1-3-4-5-6-15(12-25(28)13-26)18(27)22-24-19-21-17(11-20-23-19)14-7-9-16(29-2)10-8-14/h7-11,13,15,28H,3-6,12H2,1-2H3,(H,22,27)(H,21,23,24)/t15-/m0/s1. The minimum atomic E-state index is -0.568. The molecule has 2 rings (SSSR count). The highest BCUT2D eigenvalue weighted by atomic mass is 16.5. The Morgan fingerprint density at radius 1 is 1.31 bits per heavy atom. The molecule has 0 bridgehead atoms. The van der Waals surface area contributed by atoms with Crippen molar-refractivity contribution in [3.05, 3.63) is 30.5 Å². The van der Waals surface area contributed by atoms with E-state index in [4.69, 9.17) is 4.74 Å². The van der Waals surface area contributed by atoms with Crippen LogP contribution in [0.15, 0.2) is 30.5 Å². The first-order valence-electron chi connectivity index (χ1n) is 9.38. The van der Waals surface area contributed by atoms with E-state index in [9.17, 15) is 14.8 Å². The Hall–Kier alpha value is -3.27. The van der Waals surface area contributed by atoms with Gasteiger partial charge in [-0.1, -0.05) is 26.2 Å². The van der Waals surface area contributed by atoms with Gasteiger partial charge >= 0.3 is 0 Å². The van der Waals surface area contributed by atoms with Gasteiger partial charge in [0.2, 0.25) is 12.3 Å². The van der Waals surface area contributed by atoms with Crippen LogP contribution in [0.4, 0.5) is 5.95 Å². The van der Waals surface area contributed by atoms with E-state index in [0.717, 1.165) is 30.6 Å². The molecule has 1 aromatic heterocycles. The van der Waals surface area contributed by atoms with Crippen molar-refractivity contribution < 1.29 is 19.5 Å². The van der Waals surface area contributed by atoms with E-state index >= 15 is 0 Å². The monoisotopic (exact) mass is 402 g/mol. The normalized spacial score (nSPS) is 11.4. The molecule has 2 amide bonds. The molecular formula is C19H26N6O4. The SMILES string of the molecule is CCCCC[C@@H](CN(O)C=O)C(=O)NNc1nncc(-c2ccc(OC)cc2)n1. The smallest absolute Gasteiger partial charge is 0.262 e. The second kappa shape index (κ2) is 11.5. The highest BCUT2D eigenvalue weighted by Gasteiger charge is 2.21. The minimum Gasteiger partial charge on any atom is -0.497 e. The van der Waals surface area contributed by atoms with Crippen LogP contribution in [0.2, 0.25) is 0 Å². The van der Waals surface area contributed by atoms with Gasteiger partial charge in [0.15, 0.2) is 0 Å². The van der Waals surface area contributed by atoms with Gasteiger partial charge in [0.05, 0.1) is 31.5 Å². The fraction of sp³-hybridized carbons (Fsp3) is 0.421. The fourth-order valence-corrected chi connectivity index (χ4v) is 2.69. The summed E-state index contributed by atoms with van der Waals surface area (Å²) in [5.41, 5.74) is 6.55. The van der Waals surface area contributed by atoms with Crippen LogP contribution >= 0.6 is 0 Å². The lowest BCUT2D eigenvalue weighted by atomic mass is 10.0. The van der Waals surface area contributed by atoms with Crippen molar-refractivity contribution in [1.29, 1.82) is 0 Å². The lowest BCUT2D eigenvalue weighted by Crippen LogP contribution is -2.40. The van der Waals surface area contributed by atoms with Crippen LogP contribution in [0.3, 0.4) is 0 Å². The van der Waals surface area contributed by atoms with Gasteiger partial charge in [0, 0.05) is 5.56 Å². The topological polar surface area (TPSA) is 130 Å². The van der Waals surface area contributed by atoms with Crippen LogP contribution < -0.4 is 15.6 Å². The summed E-state index contributed by atoms with van der Waals surface area (Å²) in [6.07, 6.45) is 5.10. The molecule has 29 heavy (non-hydrogen) atoms. The predicted molar refractivity (Wildman–Crippen MR) is 106 cm³/mol. The van der Waals surface area contributed by atoms with E-state index in [1.54, 1.807) is 19.2 Å². The van der Waals surface area contributed by atoms with E-state index in [1.807, 2.05) is 12.1 Å². The predicted octanol–water partition coefficient (Wildman–Crippen LogP) is 2.03. The van der Waals surface area contributed by atoms with Gasteiger partial charge in [-0.15, -0.1) is 5.10 Å². The van der Waals surface area contributed by atoms with Gasteiger partial charge in [-0.05, 0) is 30.7 Å². The Bertz CT molecular complexity index is 787. The number of carbonyl (C=O) groups excluding carboxylic acids is 2. The summed E-state index contributed by atoms with van der Waals surface area (Å²) in [6, 6.07) is 7.29. The number of nitrogens with one attached hydrogen (secondary N) is 2. The van der Waals surface area contributed by atoms with Crippen LogP contribution in [0.1, 0.15) is 32.6 Å². The summed E-state index contributed by atoms with van der Waals surface area (Å²) in [6.45, 7) is 1.96. The zero-order valence-electron chi connectivity index (χ0n) is 16.5. The number of rotatable bonds is 12. The van der Waals surface area contributed by atoms with Crippen LogP contribution in [-0.2, 0) is 9.59 Å². The van der Waals surface area contributed by atoms with Crippen LogP contribution in [0.5, 0.6) is 5.75 Å². The number of anilines is 1. The number of unbranched alkanes of at least 4 members (excludes halogenated alkanes) is 2. The number of hydrazine groups is 1. The molecule has 156 valence electrons. The fourth-order valence-electron chi connectivity index (χ4n) is 2.69. The van der Waals surface area contributed by atoms with Crippen LogP contribution in [0, 0.1) is 5.92 Å². The molecular weight excluding hydrogens is 376 g/mol. The number of hydrogen-bond donors (Lipinski definition) is 3. The zero-order chi connectivity index (χ0) is 21.1. The zero-order valence-corrected chi connectivity index (χ0v) is 16.5. The molecule has 0 fully saturated rings. The van der Waals surface area contributed by atoms with Crippen LogP contribution in [-0.4, -0.2) is 51.4 Å². The van der Waals surface area contributed by atoms with Gasteiger partial charge in [-0.25, -0.2) is 10.0 Å². The Morgan fingerprint density at radius 2 is 2.07 bits per heavy atom. The van der Waals surface area contributed by atoms with Gasteiger partial charge in [0.1, 0.15) is 5.75 Å². The number of ether oxygens (including phenoxy) is 1. The average Bonchev–Trinajstić information content (AvgIpc) is 2.77. The number of methoxy groups -OCH3 is 1. The Balaban J connectivity index is 2.00. The minimum absolute atomic E-state index is 0.0915. The van der Waals surface area contributed by atoms with Crippen molar-refractivity contribution in [2.45, 2.75) is 32.6 Å². The Labute approximate surface area is 169 Å². The van der Waals surface area contributed by atoms with Crippen molar-refractivity contribution in [3.8, 4) is 17.0 Å². The second-order valence-corrected chi connectivity index (χ2v) is 6.43. The summed E-state index contributed by atoms with van der Waals surface area (Å²) in [4.78, 5) is 27.5. The summed E-state index contributed by atoms with van der Waals surface area (Å²) >= 11 is 0. The maximum atomic E-state index is 12.5. The third kappa shape index (κ3) is 7.00. The maximum Gasteiger partial charge on any atom is 0.262 e. The molecule has 0 saturated heterocycles. The molecule has 1 aromatic carbocycles. The molecule has 0 radical (unpaired) electrons. The average molecular weight is 402 g/mol. The highest BCUT2D eigenvalue weighted by Crippen LogP contribution is 2.20. The molecule has 1 atom stereocenters. The number of hydrogen-bond acceptors (Lipinski definition) is 8. The van der Waals surface area contributed by atoms with E-state index in [2.05, 4.69) is 33.0 Å². The molecule has 0 aliphatic carbocycles. The largest absolute Gasteiger partial charge is 0.497 e. The Morgan fingerprint density at radius 3 is 2.72 bits per heavy atom. The van der Waals surface area contributed by atoms with Gasteiger partial charge in [0.25, 0.3) is 5.95 Å². The van der Waals surface area contributed by atoms with E-state index in [1.165, 1.54) is 6.20 Å². The van der Waals surface area contributed by atoms with E-state index in [0.29, 0.717) is 17.2 Å². The van der Waals surface area contributed by atoms with Crippen molar-refractivity contribution in [1.82, 2.24) is 25.7 Å². The molecule has 0 aliphatic rings. The first-order chi connectivity index (χ1) is 14.1. The van der Waals surface area contributed by atoms with Crippen molar-refractivity contribution in [2.75, 3.05) is 19.1 Å². The lowest BCUT2D eigenvalue weighted by Gasteiger charge is -2.19. The summed E-state index contributed by atoms with van der Waals surface area (Å²) in [5.74, 6) is -0.0959. The molecule has 3 N–H and O–H groups in total. The first-order valence-corrected chi connectivity index (χ1v) is 9.38. The molecule has 0 aliphatic heterocycles. The number of hydroxylamine groups is 2. The highest BCUT2D eigenvalue weighted by molar-refractivity contribution is 5.80. The van der Waals surface area contributed by atoms with Gasteiger partial charge < -0.3 is 4.74 Å². The number of aromatic nitrogens is 3. The Kier molecular flexibility index (Phi) is 8.77. The van der Waals surface area contributed by atoms with Crippen molar-refractivity contribution in [3.63, 3.8) is 0 Å². The third-order valence-corrected chi connectivity index (χ3v) is 4.30. The molecule has 0 saturated carbocycles. The van der Waals surface area contributed by atoms with Crippen molar-refractivity contribution in [2.24, 2.45) is 5.92 Å². The second-order valence-electron chi connectivity index (χ2n) is 6.43. The lowest BCUT2D eigenvalue weighted by molar-refractivity contribution is -0.154. The molecule has 0 unspecified atom stereocenters. The molecule has 0 spiro atoms. The number of amides is 2. The number of nitrogens with zero attached hydrogens (tertiary/aromatic N) is 4. The third-order valence-electron chi connectivity index (χ3n) is 4.30. The molecule has 1 heterocycles. The van der Waals surface area contributed by atoms with E-state index < -0.39 is 5.92 Å². The first kappa shape index (κ1) is 22.0. The van der Waals surface area contributed by atoms with Gasteiger partial charge in [-0.3, -0.25) is 25.6 Å². The number of carbonyl (C=O) groups is 2. The van der Waals surface area contributed by atoms with Crippen molar-refractivity contribution >= 4 is 18.3 Å². The van der Waals surface area contributed by atoms with Gasteiger partial charge in [-0.2, -0.15) is 5.10 Å². The summed E-state index contributed by atoms with van der Waals surface area (Å²) in [5, 5.41) is 17.7. The number of benzene rings is 1. The summed E-state index contributed by atoms with van der Waals surface area (Å²) < 4.78 is 5.14.